The number of benzene rings is 1. The summed E-state index contributed by atoms with van der Waals surface area (Å²) < 4.78 is 6.40. The van der Waals surface area contributed by atoms with Gasteiger partial charge in [0.15, 0.2) is 0 Å². The van der Waals surface area contributed by atoms with Crippen molar-refractivity contribution in [2.75, 3.05) is 11.9 Å². The Morgan fingerprint density at radius 1 is 1.43 bits per heavy atom. The van der Waals surface area contributed by atoms with Gasteiger partial charge >= 0.3 is 5.97 Å². The molecule has 3 atom stereocenters. The fraction of sp³-hybridized carbons (Fsp3) is 0.588. The highest BCUT2D eigenvalue weighted by molar-refractivity contribution is 9.10. The van der Waals surface area contributed by atoms with Crippen LogP contribution in [0.5, 0.6) is 0 Å². The molecule has 3 unspecified atom stereocenters. The van der Waals surface area contributed by atoms with Crippen LogP contribution in [0.4, 0.5) is 5.69 Å². The van der Waals surface area contributed by atoms with Crippen LogP contribution in [-0.4, -0.2) is 18.1 Å². The smallest absolute Gasteiger partial charge is 0.332 e. The summed E-state index contributed by atoms with van der Waals surface area (Å²) in [4.78, 5) is 12.7. The van der Waals surface area contributed by atoms with E-state index in [2.05, 4.69) is 35.1 Å². The van der Waals surface area contributed by atoms with Crippen molar-refractivity contribution < 1.29 is 9.53 Å². The Hall–Kier alpha value is -1.03. The van der Waals surface area contributed by atoms with Gasteiger partial charge in [-0.3, -0.25) is 0 Å². The van der Waals surface area contributed by atoms with Crippen molar-refractivity contribution in [3.05, 3.63) is 28.7 Å². The molecule has 0 amide bonds. The van der Waals surface area contributed by atoms with E-state index in [1.165, 1.54) is 6.42 Å². The molecule has 1 saturated carbocycles. The monoisotopic (exact) mass is 353 g/mol. The Balaban J connectivity index is 2.33. The van der Waals surface area contributed by atoms with Crippen molar-refractivity contribution >= 4 is 27.6 Å². The number of rotatable bonds is 4. The molecule has 0 spiro atoms. The minimum atomic E-state index is -0.617. The van der Waals surface area contributed by atoms with Gasteiger partial charge in [-0.1, -0.05) is 42.3 Å². The number of carbonyl (C=O) groups is 1. The number of halogens is 1. The maximum Gasteiger partial charge on any atom is 0.332 e. The zero-order chi connectivity index (χ0) is 15.5. The Morgan fingerprint density at radius 2 is 2.19 bits per heavy atom. The van der Waals surface area contributed by atoms with E-state index in [1.54, 1.807) is 0 Å². The molecule has 0 aromatic heterocycles. The second-order valence-corrected chi connectivity index (χ2v) is 7.03. The van der Waals surface area contributed by atoms with Gasteiger partial charge in [0, 0.05) is 10.2 Å². The SMILES string of the molecule is CCOC(=O)C1(Nc2cccc(Br)c2)CC(C)CCC1C. The van der Waals surface area contributed by atoms with Crippen molar-refractivity contribution in [3.8, 4) is 0 Å². The predicted molar refractivity (Wildman–Crippen MR) is 89.3 cm³/mol. The van der Waals surface area contributed by atoms with Crippen LogP contribution >= 0.6 is 15.9 Å². The molecule has 1 aromatic rings. The summed E-state index contributed by atoms with van der Waals surface area (Å²) in [5.74, 6) is 0.654. The number of hydrogen-bond acceptors (Lipinski definition) is 3. The molecule has 1 aliphatic carbocycles. The van der Waals surface area contributed by atoms with E-state index < -0.39 is 5.54 Å². The van der Waals surface area contributed by atoms with E-state index in [9.17, 15) is 4.79 Å². The molecular weight excluding hydrogens is 330 g/mol. The first kappa shape index (κ1) is 16.3. The summed E-state index contributed by atoms with van der Waals surface area (Å²) in [5, 5.41) is 3.50. The van der Waals surface area contributed by atoms with Crippen LogP contribution in [0.2, 0.25) is 0 Å². The lowest BCUT2D eigenvalue weighted by molar-refractivity contribution is -0.152. The zero-order valence-corrected chi connectivity index (χ0v) is 14.6. The van der Waals surface area contributed by atoms with Crippen molar-refractivity contribution in [1.29, 1.82) is 0 Å². The number of anilines is 1. The largest absolute Gasteiger partial charge is 0.464 e. The summed E-state index contributed by atoms with van der Waals surface area (Å²) in [6, 6.07) is 7.96. The molecule has 0 heterocycles. The molecule has 0 radical (unpaired) electrons. The van der Waals surface area contributed by atoms with Crippen LogP contribution in [0, 0.1) is 11.8 Å². The standard InChI is InChI=1S/C17H24BrNO2/c1-4-21-16(20)17(11-12(2)8-9-13(17)3)19-15-7-5-6-14(18)10-15/h5-7,10,12-13,19H,4,8-9,11H2,1-3H3. The third-order valence-corrected chi connectivity index (χ3v) is 4.93. The molecule has 1 aromatic carbocycles. The lowest BCUT2D eigenvalue weighted by Crippen LogP contribution is -2.55. The highest BCUT2D eigenvalue weighted by atomic mass is 79.9. The van der Waals surface area contributed by atoms with Gasteiger partial charge in [0.2, 0.25) is 0 Å². The molecule has 0 bridgehead atoms. The molecule has 116 valence electrons. The molecule has 3 nitrogen and oxygen atoms in total. The van der Waals surface area contributed by atoms with E-state index in [0.717, 1.165) is 23.0 Å². The fourth-order valence-electron chi connectivity index (χ4n) is 3.23. The average molecular weight is 354 g/mol. The minimum absolute atomic E-state index is 0.121. The molecule has 1 fully saturated rings. The first-order valence-corrected chi connectivity index (χ1v) is 8.48. The van der Waals surface area contributed by atoms with Crippen molar-refractivity contribution in [3.63, 3.8) is 0 Å². The van der Waals surface area contributed by atoms with E-state index in [1.807, 2.05) is 31.2 Å². The maximum atomic E-state index is 12.7. The van der Waals surface area contributed by atoms with E-state index >= 15 is 0 Å². The highest BCUT2D eigenvalue weighted by Gasteiger charge is 2.48. The van der Waals surface area contributed by atoms with Gasteiger partial charge in [-0.15, -0.1) is 0 Å². The zero-order valence-electron chi connectivity index (χ0n) is 13.0. The van der Waals surface area contributed by atoms with Gasteiger partial charge in [-0.2, -0.15) is 0 Å². The predicted octanol–water partition coefficient (Wildman–Crippen LogP) is 4.62. The summed E-state index contributed by atoms with van der Waals surface area (Å²) in [7, 11) is 0. The number of hydrogen-bond donors (Lipinski definition) is 1. The summed E-state index contributed by atoms with van der Waals surface area (Å²) >= 11 is 3.48. The molecule has 2 rings (SSSR count). The second kappa shape index (κ2) is 6.82. The topological polar surface area (TPSA) is 38.3 Å². The van der Waals surface area contributed by atoms with E-state index in [0.29, 0.717) is 12.5 Å². The summed E-state index contributed by atoms with van der Waals surface area (Å²) in [5.41, 5.74) is 0.340. The third kappa shape index (κ3) is 3.60. The quantitative estimate of drug-likeness (QED) is 0.802. The van der Waals surface area contributed by atoms with Gasteiger partial charge in [-0.25, -0.2) is 4.79 Å². The lowest BCUT2D eigenvalue weighted by Gasteiger charge is -2.44. The van der Waals surface area contributed by atoms with Crippen LogP contribution in [0.25, 0.3) is 0 Å². The fourth-order valence-corrected chi connectivity index (χ4v) is 3.63. The molecule has 1 N–H and O–H groups in total. The highest BCUT2D eigenvalue weighted by Crippen LogP contribution is 2.40. The van der Waals surface area contributed by atoms with Crippen molar-refractivity contribution in [2.45, 2.75) is 45.6 Å². The number of nitrogens with one attached hydrogen (secondary N) is 1. The van der Waals surface area contributed by atoms with Gasteiger partial charge < -0.3 is 10.1 Å². The number of esters is 1. The molecular formula is C17H24BrNO2. The van der Waals surface area contributed by atoms with Crippen LogP contribution in [-0.2, 0) is 9.53 Å². The Bertz CT molecular complexity index is 505. The Kier molecular flexibility index (Phi) is 5.31. The molecule has 0 saturated heterocycles. The Labute approximate surface area is 135 Å². The normalized spacial score (nSPS) is 29.0. The van der Waals surface area contributed by atoms with Crippen LogP contribution in [0.1, 0.15) is 40.0 Å². The maximum absolute atomic E-state index is 12.7. The minimum Gasteiger partial charge on any atom is -0.464 e. The Morgan fingerprint density at radius 3 is 2.86 bits per heavy atom. The number of ether oxygens (including phenoxy) is 1. The first-order valence-electron chi connectivity index (χ1n) is 7.69. The van der Waals surface area contributed by atoms with Gasteiger partial charge in [0.05, 0.1) is 6.61 Å². The lowest BCUT2D eigenvalue weighted by atomic mass is 9.69. The first-order chi connectivity index (χ1) is 9.98. The second-order valence-electron chi connectivity index (χ2n) is 6.11. The van der Waals surface area contributed by atoms with E-state index in [-0.39, 0.29) is 11.9 Å². The summed E-state index contributed by atoms with van der Waals surface area (Å²) in [6.07, 6.45) is 3.03. The molecule has 1 aliphatic rings. The van der Waals surface area contributed by atoms with Gasteiger partial charge in [0.25, 0.3) is 0 Å². The van der Waals surface area contributed by atoms with Crippen molar-refractivity contribution in [1.82, 2.24) is 0 Å². The van der Waals surface area contributed by atoms with Crippen LogP contribution in [0.3, 0.4) is 0 Å². The van der Waals surface area contributed by atoms with Crippen LogP contribution < -0.4 is 5.32 Å². The molecule has 4 heteroatoms. The van der Waals surface area contributed by atoms with Crippen LogP contribution in [0.15, 0.2) is 28.7 Å². The summed E-state index contributed by atoms with van der Waals surface area (Å²) in [6.45, 7) is 6.64. The molecule has 0 aliphatic heterocycles. The van der Waals surface area contributed by atoms with Crippen molar-refractivity contribution in [2.24, 2.45) is 11.8 Å². The number of carbonyl (C=O) groups excluding carboxylic acids is 1. The molecule has 21 heavy (non-hydrogen) atoms. The van der Waals surface area contributed by atoms with Gasteiger partial charge in [-0.05, 0) is 49.8 Å². The third-order valence-electron chi connectivity index (χ3n) is 4.44. The average Bonchev–Trinajstić information content (AvgIpc) is 2.43. The van der Waals surface area contributed by atoms with E-state index in [4.69, 9.17) is 4.74 Å². The van der Waals surface area contributed by atoms with Gasteiger partial charge in [0.1, 0.15) is 5.54 Å².